The molecule has 0 spiro atoms. The van der Waals surface area contributed by atoms with Gasteiger partial charge in [0.2, 0.25) is 0 Å². The Morgan fingerprint density at radius 3 is 2.52 bits per heavy atom. The highest BCUT2D eigenvalue weighted by Crippen LogP contribution is 2.19. The van der Waals surface area contributed by atoms with E-state index in [0.717, 1.165) is 12.2 Å². The molecule has 2 saturated heterocycles. The maximum atomic E-state index is 12.3. The van der Waals surface area contributed by atoms with Gasteiger partial charge in [0.15, 0.2) is 0 Å². The van der Waals surface area contributed by atoms with E-state index in [9.17, 15) is 9.59 Å². The Bertz CT molecular complexity index is 596. The van der Waals surface area contributed by atoms with Crippen molar-refractivity contribution >= 4 is 17.7 Å². The number of carbonyl (C=O) groups is 2. The summed E-state index contributed by atoms with van der Waals surface area (Å²) in [6, 6.07) is 7.09. The predicted molar refractivity (Wildman–Crippen MR) is 96.9 cm³/mol. The molecule has 3 rings (SSSR count). The van der Waals surface area contributed by atoms with E-state index in [-0.39, 0.29) is 12.0 Å². The molecule has 0 aliphatic carbocycles. The molecule has 1 unspecified atom stereocenters. The van der Waals surface area contributed by atoms with Gasteiger partial charge >= 0.3 is 6.09 Å². The number of cyclic esters (lactones) is 1. The maximum absolute atomic E-state index is 12.3. The van der Waals surface area contributed by atoms with Crippen molar-refractivity contribution in [1.82, 2.24) is 10.2 Å². The first-order chi connectivity index (χ1) is 12.1. The SMILES string of the molecule is CC(CNC(=O)c1ccc(N2CCOC2=O)cc1)CN1CCCCC1. The molecule has 0 bridgehead atoms. The first kappa shape index (κ1) is 17.7. The van der Waals surface area contributed by atoms with Crippen LogP contribution in [0.2, 0.25) is 0 Å². The number of carbonyl (C=O) groups excluding carboxylic acids is 2. The summed E-state index contributed by atoms with van der Waals surface area (Å²) in [5.41, 5.74) is 1.37. The van der Waals surface area contributed by atoms with Gasteiger partial charge in [0, 0.05) is 24.3 Å². The summed E-state index contributed by atoms with van der Waals surface area (Å²) in [5, 5.41) is 3.02. The Balaban J connectivity index is 1.46. The summed E-state index contributed by atoms with van der Waals surface area (Å²) in [7, 11) is 0. The van der Waals surface area contributed by atoms with E-state index in [2.05, 4.69) is 17.1 Å². The average molecular weight is 345 g/mol. The molecule has 136 valence electrons. The average Bonchev–Trinajstić information content (AvgIpc) is 3.07. The smallest absolute Gasteiger partial charge is 0.414 e. The second kappa shape index (κ2) is 8.34. The minimum atomic E-state index is -0.330. The third kappa shape index (κ3) is 4.72. The van der Waals surface area contributed by atoms with Gasteiger partial charge in [-0.2, -0.15) is 0 Å². The van der Waals surface area contributed by atoms with Crippen LogP contribution < -0.4 is 10.2 Å². The van der Waals surface area contributed by atoms with Gasteiger partial charge in [-0.15, -0.1) is 0 Å². The second-order valence-corrected chi connectivity index (χ2v) is 6.99. The van der Waals surface area contributed by atoms with E-state index in [4.69, 9.17) is 4.74 Å². The Hall–Kier alpha value is -2.08. The largest absolute Gasteiger partial charge is 0.447 e. The topological polar surface area (TPSA) is 61.9 Å². The minimum Gasteiger partial charge on any atom is -0.447 e. The van der Waals surface area contributed by atoms with Crippen molar-refractivity contribution in [3.8, 4) is 0 Å². The molecule has 0 radical (unpaired) electrons. The number of hydrogen-bond acceptors (Lipinski definition) is 4. The van der Waals surface area contributed by atoms with Crippen molar-refractivity contribution in [2.75, 3.05) is 44.2 Å². The molecule has 6 heteroatoms. The number of ether oxygens (including phenoxy) is 1. The molecule has 0 saturated carbocycles. The molecule has 2 fully saturated rings. The fourth-order valence-corrected chi connectivity index (χ4v) is 3.44. The number of anilines is 1. The van der Waals surface area contributed by atoms with Gasteiger partial charge in [-0.3, -0.25) is 9.69 Å². The number of likely N-dealkylation sites (tertiary alicyclic amines) is 1. The van der Waals surface area contributed by atoms with Gasteiger partial charge < -0.3 is 15.0 Å². The number of piperidine rings is 1. The molecule has 0 aromatic heterocycles. The number of amides is 2. The quantitative estimate of drug-likeness (QED) is 0.860. The number of nitrogens with one attached hydrogen (secondary N) is 1. The second-order valence-electron chi connectivity index (χ2n) is 6.99. The van der Waals surface area contributed by atoms with Crippen LogP contribution in [0.3, 0.4) is 0 Å². The first-order valence-electron chi connectivity index (χ1n) is 9.18. The van der Waals surface area contributed by atoms with Crippen LogP contribution in [-0.2, 0) is 4.74 Å². The van der Waals surface area contributed by atoms with Crippen molar-refractivity contribution in [3.05, 3.63) is 29.8 Å². The van der Waals surface area contributed by atoms with Crippen molar-refractivity contribution in [1.29, 1.82) is 0 Å². The molecular formula is C19H27N3O3. The van der Waals surface area contributed by atoms with E-state index in [1.165, 1.54) is 32.4 Å². The van der Waals surface area contributed by atoms with Crippen LogP contribution in [0.25, 0.3) is 0 Å². The van der Waals surface area contributed by atoms with E-state index >= 15 is 0 Å². The Morgan fingerprint density at radius 1 is 1.16 bits per heavy atom. The lowest BCUT2D eigenvalue weighted by Crippen LogP contribution is -2.38. The molecule has 1 atom stereocenters. The summed E-state index contributed by atoms with van der Waals surface area (Å²) >= 11 is 0. The lowest BCUT2D eigenvalue weighted by molar-refractivity contribution is 0.0942. The predicted octanol–water partition coefficient (Wildman–Crippen LogP) is 2.50. The van der Waals surface area contributed by atoms with Crippen LogP contribution in [0.5, 0.6) is 0 Å². The molecule has 2 heterocycles. The molecule has 25 heavy (non-hydrogen) atoms. The first-order valence-corrected chi connectivity index (χ1v) is 9.18. The van der Waals surface area contributed by atoms with E-state index < -0.39 is 0 Å². The van der Waals surface area contributed by atoms with Crippen LogP contribution >= 0.6 is 0 Å². The normalized spacial score (nSPS) is 19.6. The number of benzene rings is 1. The zero-order valence-corrected chi connectivity index (χ0v) is 14.9. The summed E-state index contributed by atoms with van der Waals surface area (Å²) < 4.78 is 4.93. The van der Waals surface area contributed by atoms with Gasteiger partial charge in [-0.25, -0.2) is 4.79 Å². The molecule has 6 nitrogen and oxygen atoms in total. The van der Waals surface area contributed by atoms with E-state index in [1.807, 2.05) is 0 Å². The third-order valence-electron chi connectivity index (χ3n) is 4.83. The highest BCUT2D eigenvalue weighted by atomic mass is 16.6. The monoisotopic (exact) mass is 345 g/mol. The summed E-state index contributed by atoms with van der Waals surface area (Å²) in [6.45, 7) is 7.22. The standard InChI is InChI=1S/C19H27N3O3/c1-15(14-21-9-3-2-4-10-21)13-20-18(23)16-5-7-17(8-6-16)22-11-12-25-19(22)24/h5-8,15H,2-4,9-14H2,1H3,(H,20,23). The summed E-state index contributed by atoms with van der Waals surface area (Å²) in [4.78, 5) is 27.9. The van der Waals surface area contributed by atoms with Gasteiger partial charge in [0.05, 0.1) is 6.54 Å². The lowest BCUT2D eigenvalue weighted by atomic mass is 10.1. The van der Waals surface area contributed by atoms with Crippen LogP contribution in [0.1, 0.15) is 36.5 Å². The highest BCUT2D eigenvalue weighted by Gasteiger charge is 2.23. The zero-order chi connectivity index (χ0) is 17.6. The molecular weight excluding hydrogens is 318 g/mol. The summed E-state index contributed by atoms with van der Waals surface area (Å²) in [6.07, 6.45) is 3.59. The van der Waals surface area contributed by atoms with E-state index in [1.54, 1.807) is 29.2 Å². The zero-order valence-electron chi connectivity index (χ0n) is 14.9. The van der Waals surface area contributed by atoms with Crippen LogP contribution in [-0.4, -0.2) is 56.2 Å². The van der Waals surface area contributed by atoms with Crippen molar-refractivity contribution in [2.24, 2.45) is 5.92 Å². The molecule has 2 aliphatic rings. The maximum Gasteiger partial charge on any atom is 0.414 e. The van der Waals surface area contributed by atoms with Gasteiger partial charge in [-0.05, 0) is 56.1 Å². The fourth-order valence-electron chi connectivity index (χ4n) is 3.44. The molecule has 1 N–H and O–H groups in total. The third-order valence-corrected chi connectivity index (χ3v) is 4.83. The van der Waals surface area contributed by atoms with Crippen LogP contribution in [0.4, 0.5) is 10.5 Å². The Labute approximate surface area is 149 Å². The van der Waals surface area contributed by atoms with Gasteiger partial charge in [0.1, 0.15) is 6.61 Å². The lowest BCUT2D eigenvalue weighted by Gasteiger charge is -2.29. The van der Waals surface area contributed by atoms with Crippen molar-refractivity contribution in [3.63, 3.8) is 0 Å². The van der Waals surface area contributed by atoms with Crippen LogP contribution in [0, 0.1) is 5.92 Å². The minimum absolute atomic E-state index is 0.0685. The van der Waals surface area contributed by atoms with E-state index in [0.29, 0.717) is 31.2 Å². The summed E-state index contributed by atoms with van der Waals surface area (Å²) in [5.74, 6) is 0.363. The Kier molecular flexibility index (Phi) is 5.91. The number of hydrogen-bond donors (Lipinski definition) is 1. The van der Waals surface area contributed by atoms with Gasteiger partial charge in [-0.1, -0.05) is 13.3 Å². The fraction of sp³-hybridized carbons (Fsp3) is 0.579. The molecule has 2 aliphatic heterocycles. The molecule has 1 aromatic carbocycles. The molecule has 1 aromatic rings. The number of rotatable bonds is 6. The van der Waals surface area contributed by atoms with Crippen LogP contribution in [0.15, 0.2) is 24.3 Å². The molecule has 2 amide bonds. The van der Waals surface area contributed by atoms with Crippen molar-refractivity contribution in [2.45, 2.75) is 26.2 Å². The number of nitrogens with zero attached hydrogens (tertiary/aromatic N) is 2. The van der Waals surface area contributed by atoms with Crippen molar-refractivity contribution < 1.29 is 14.3 Å². The Morgan fingerprint density at radius 2 is 1.88 bits per heavy atom. The highest BCUT2D eigenvalue weighted by molar-refractivity contribution is 5.95. The van der Waals surface area contributed by atoms with Gasteiger partial charge in [0.25, 0.3) is 5.91 Å².